The van der Waals surface area contributed by atoms with Crippen LogP contribution < -0.4 is 0 Å². The topological polar surface area (TPSA) is 104 Å². The Morgan fingerprint density at radius 1 is 0.867 bits per heavy atom. The number of carboxylic acid groups (broad SMARTS) is 1. The Labute approximate surface area is 269 Å². The Hall–Kier alpha value is -2.76. The highest BCUT2D eigenvalue weighted by Gasteiger charge is 2.69. The Morgan fingerprint density at radius 3 is 2.27 bits per heavy atom. The van der Waals surface area contributed by atoms with Gasteiger partial charge in [0, 0.05) is 11.5 Å². The number of phenols is 2. The van der Waals surface area contributed by atoms with Gasteiger partial charge in [0.05, 0.1) is 5.41 Å². The number of aromatic hydroxyl groups is 2. The van der Waals surface area contributed by atoms with E-state index in [1.165, 1.54) is 23.8 Å². The second-order valence-electron chi connectivity index (χ2n) is 17.5. The summed E-state index contributed by atoms with van der Waals surface area (Å²) in [5.74, 6) is -0.379. The van der Waals surface area contributed by atoms with E-state index < -0.39 is 11.4 Å². The summed E-state index contributed by atoms with van der Waals surface area (Å²) >= 11 is 0. The monoisotopic (exact) mass is 618 g/mol. The number of carboxylic acids is 1. The molecule has 6 rings (SSSR count). The fraction of sp³-hybridized carbons (Fsp3) is 0.692. The van der Waals surface area contributed by atoms with Crippen LogP contribution in [-0.4, -0.2) is 33.4 Å². The van der Waals surface area contributed by atoms with E-state index in [1.54, 1.807) is 12.1 Å². The van der Waals surface area contributed by atoms with Gasteiger partial charge in [-0.3, -0.25) is 4.79 Å². The normalized spacial score (nSPS) is 41.5. The van der Waals surface area contributed by atoms with Gasteiger partial charge in [-0.2, -0.15) is 0 Å². The maximum absolute atomic E-state index is 13.0. The van der Waals surface area contributed by atoms with Gasteiger partial charge in [-0.05, 0) is 127 Å². The number of rotatable bonds is 4. The number of phenolic OH excluding ortho intramolecular Hbond substituents is 2. The quantitative estimate of drug-likeness (QED) is 0.135. The zero-order chi connectivity index (χ0) is 32.8. The summed E-state index contributed by atoms with van der Waals surface area (Å²) in [7, 11) is 0. The lowest BCUT2D eigenvalue weighted by atomic mass is 9.33. The Kier molecular flexibility index (Phi) is 7.42. The average molecular weight is 619 g/mol. The lowest BCUT2D eigenvalue weighted by Crippen LogP contribution is -2.65. The molecule has 0 radical (unpaired) electrons. The molecule has 2 unspecified atom stereocenters. The highest BCUT2D eigenvalue weighted by Crippen LogP contribution is 2.75. The SMILES string of the molecule is CC1(C)CC[C@]2(C(=O)O)CC[C@]3(C)C(=CCC4[C@@]5(C)CC[C@H](OC(=O)/C=C/c6ccc(O)c(O)c6)C(C)(C)C5CC[C@]43C)[C@@H]2C1. The van der Waals surface area contributed by atoms with Crippen molar-refractivity contribution in [3.05, 3.63) is 41.5 Å². The molecule has 246 valence electrons. The lowest BCUT2D eigenvalue weighted by Gasteiger charge is -2.71. The second-order valence-corrected chi connectivity index (χ2v) is 17.5. The van der Waals surface area contributed by atoms with Crippen LogP contribution in [0.4, 0.5) is 0 Å². The van der Waals surface area contributed by atoms with Crippen molar-refractivity contribution in [2.45, 2.75) is 119 Å². The van der Waals surface area contributed by atoms with Gasteiger partial charge in [0.15, 0.2) is 11.5 Å². The summed E-state index contributed by atoms with van der Waals surface area (Å²) in [6.45, 7) is 16.8. The minimum Gasteiger partial charge on any atom is -0.504 e. The summed E-state index contributed by atoms with van der Waals surface area (Å²) in [6.07, 6.45) is 14.8. The van der Waals surface area contributed by atoms with Gasteiger partial charge in [0.2, 0.25) is 0 Å². The number of aliphatic carboxylic acids is 1. The Balaban J connectivity index is 1.25. The van der Waals surface area contributed by atoms with Crippen LogP contribution in [0.15, 0.2) is 35.9 Å². The first-order chi connectivity index (χ1) is 20.9. The van der Waals surface area contributed by atoms with Crippen LogP contribution in [-0.2, 0) is 14.3 Å². The predicted octanol–water partition coefficient (Wildman–Crippen LogP) is 8.91. The average Bonchev–Trinajstić information content (AvgIpc) is 2.95. The van der Waals surface area contributed by atoms with Crippen molar-refractivity contribution in [2.24, 2.45) is 50.2 Å². The molecule has 4 fully saturated rings. The van der Waals surface area contributed by atoms with Crippen LogP contribution in [0.1, 0.15) is 118 Å². The van der Waals surface area contributed by atoms with Gasteiger partial charge in [-0.15, -0.1) is 0 Å². The van der Waals surface area contributed by atoms with Gasteiger partial charge in [-0.25, -0.2) is 4.79 Å². The van der Waals surface area contributed by atoms with E-state index in [9.17, 15) is 24.9 Å². The number of ether oxygens (including phenoxy) is 1. The maximum Gasteiger partial charge on any atom is 0.331 e. The molecule has 6 nitrogen and oxygen atoms in total. The first-order valence-electron chi connectivity index (χ1n) is 17.2. The first-order valence-corrected chi connectivity index (χ1v) is 17.2. The Morgan fingerprint density at radius 2 is 1.58 bits per heavy atom. The minimum absolute atomic E-state index is 0.0121. The van der Waals surface area contributed by atoms with Gasteiger partial charge < -0.3 is 20.1 Å². The highest BCUT2D eigenvalue weighted by atomic mass is 16.5. The number of carbonyl (C=O) groups excluding carboxylic acids is 1. The fourth-order valence-corrected chi connectivity index (χ4v) is 11.8. The molecule has 5 aliphatic carbocycles. The number of hydrogen-bond donors (Lipinski definition) is 3. The van der Waals surface area contributed by atoms with E-state index in [-0.39, 0.29) is 56.6 Å². The van der Waals surface area contributed by atoms with Crippen molar-refractivity contribution in [1.82, 2.24) is 0 Å². The molecule has 0 amide bonds. The Bertz CT molecular complexity index is 1450. The molecule has 0 saturated heterocycles. The van der Waals surface area contributed by atoms with Crippen molar-refractivity contribution in [3.63, 3.8) is 0 Å². The highest BCUT2D eigenvalue weighted by molar-refractivity contribution is 5.87. The zero-order valence-corrected chi connectivity index (χ0v) is 28.4. The van der Waals surface area contributed by atoms with E-state index in [4.69, 9.17) is 4.74 Å². The van der Waals surface area contributed by atoms with Crippen LogP contribution in [0.3, 0.4) is 0 Å². The smallest absolute Gasteiger partial charge is 0.331 e. The number of hydrogen-bond acceptors (Lipinski definition) is 5. The van der Waals surface area contributed by atoms with Gasteiger partial charge >= 0.3 is 11.9 Å². The minimum atomic E-state index is -0.619. The summed E-state index contributed by atoms with van der Waals surface area (Å²) < 4.78 is 6.15. The molecular formula is C39H54O6. The fourth-order valence-electron chi connectivity index (χ4n) is 11.8. The molecule has 0 heterocycles. The van der Waals surface area contributed by atoms with E-state index >= 15 is 0 Å². The summed E-state index contributed by atoms with van der Waals surface area (Å²) in [6, 6.07) is 4.46. The number of fused-ring (bicyclic) bond motifs is 7. The predicted molar refractivity (Wildman–Crippen MR) is 175 cm³/mol. The van der Waals surface area contributed by atoms with Crippen LogP contribution in [0.25, 0.3) is 6.08 Å². The van der Waals surface area contributed by atoms with Crippen LogP contribution in [0.2, 0.25) is 0 Å². The number of carbonyl (C=O) groups is 2. The van der Waals surface area contributed by atoms with E-state index in [0.717, 1.165) is 64.2 Å². The van der Waals surface area contributed by atoms with Gasteiger partial charge in [0.1, 0.15) is 6.10 Å². The van der Waals surface area contributed by atoms with Crippen molar-refractivity contribution in [2.75, 3.05) is 0 Å². The third-order valence-corrected chi connectivity index (χ3v) is 14.7. The van der Waals surface area contributed by atoms with Crippen LogP contribution in [0, 0.1) is 50.2 Å². The molecule has 1 aromatic carbocycles. The molecule has 3 N–H and O–H groups in total. The maximum atomic E-state index is 13.0. The lowest BCUT2D eigenvalue weighted by molar-refractivity contribution is -0.212. The van der Waals surface area contributed by atoms with Gasteiger partial charge in [0.25, 0.3) is 0 Å². The molecule has 5 aliphatic rings. The molecule has 0 spiro atoms. The van der Waals surface area contributed by atoms with Crippen molar-refractivity contribution in [1.29, 1.82) is 0 Å². The van der Waals surface area contributed by atoms with E-state index in [1.807, 2.05) is 0 Å². The van der Waals surface area contributed by atoms with E-state index in [0.29, 0.717) is 17.4 Å². The standard InChI is InChI=1S/C39H54O6/c1-34(2)18-20-39(33(43)44)21-19-37(6)25(26(39)23-34)10-12-30-36(5)16-15-31(35(3,4)29(36)14-17-38(30,37)7)45-32(42)13-9-24-8-11-27(40)28(41)22-24/h8-11,13,22,26,29-31,40-41H,12,14-21,23H2,1-7H3,(H,43,44)/b13-9+/t26-,29?,30?,31-,36-,37+,38+,39-/m0/s1. The van der Waals surface area contributed by atoms with E-state index in [2.05, 4.69) is 54.5 Å². The molecule has 1 aromatic rings. The summed E-state index contributed by atoms with van der Waals surface area (Å²) in [5, 5.41) is 30.0. The number of allylic oxidation sites excluding steroid dienone is 2. The molecule has 0 bridgehead atoms. The molecule has 6 heteroatoms. The van der Waals surface area contributed by atoms with Crippen molar-refractivity contribution >= 4 is 18.0 Å². The third-order valence-electron chi connectivity index (χ3n) is 14.7. The molecule has 4 saturated carbocycles. The number of benzene rings is 1. The largest absolute Gasteiger partial charge is 0.504 e. The third kappa shape index (κ3) is 4.70. The summed E-state index contributed by atoms with van der Waals surface area (Å²) in [4.78, 5) is 25.9. The molecular weight excluding hydrogens is 564 g/mol. The summed E-state index contributed by atoms with van der Waals surface area (Å²) in [5.41, 5.74) is 1.59. The first kappa shape index (κ1) is 32.2. The zero-order valence-electron chi connectivity index (χ0n) is 28.4. The van der Waals surface area contributed by atoms with Gasteiger partial charge in [-0.1, -0.05) is 66.2 Å². The van der Waals surface area contributed by atoms with Crippen molar-refractivity contribution in [3.8, 4) is 11.5 Å². The second kappa shape index (κ2) is 10.4. The molecule has 0 aliphatic heterocycles. The molecule has 0 aromatic heterocycles. The van der Waals surface area contributed by atoms with Crippen LogP contribution in [0.5, 0.6) is 11.5 Å². The molecule has 45 heavy (non-hydrogen) atoms. The van der Waals surface area contributed by atoms with Crippen LogP contribution >= 0.6 is 0 Å². The van der Waals surface area contributed by atoms with Crippen molar-refractivity contribution < 1.29 is 29.6 Å². The molecule has 8 atom stereocenters. The number of esters is 1.